The van der Waals surface area contributed by atoms with Crippen molar-refractivity contribution in [1.82, 2.24) is 4.86 Å². The molecule has 0 unspecified atom stereocenters. The first kappa shape index (κ1) is 10.1. The van der Waals surface area contributed by atoms with E-state index in [-0.39, 0.29) is 0 Å². The largest absolute Gasteiger partial charge is 0.334 e. The maximum Gasteiger partial charge on any atom is 0.263 e. The zero-order valence-electron chi connectivity index (χ0n) is 4.00. The molecule has 56 valence electrons. The summed E-state index contributed by atoms with van der Waals surface area (Å²) in [7, 11) is 0. The van der Waals surface area contributed by atoms with Crippen molar-refractivity contribution in [3.8, 4) is 0 Å². The standard InChI is InChI=1S/H5NO4P2S2/c2-6(3,8)1-7(4,5)9/h(H5,1,2,3,4,5,8,9). The summed E-state index contributed by atoms with van der Waals surface area (Å²) in [5.41, 5.74) is 0. The molecule has 0 amide bonds. The van der Waals surface area contributed by atoms with Gasteiger partial charge in [0.2, 0.25) is 0 Å². The van der Waals surface area contributed by atoms with Crippen molar-refractivity contribution in [2.45, 2.75) is 0 Å². The van der Waals surface area contributed by atoms with Crippen LogP contribution in [-0.2, 0) is 23.6 Å². The van der Waals surface area contributed by atoms with E-state index in [1.54, 1.807) is 0 Å². The van der Waals surface area contributed by atoms with E-state index in [2.05, 4.69) is 23.6 Å². The third kappa shape index (κ3) is 9.10. The van der Waals surface area contributed by atoms with Gasteiger partial charge in [-0.05, 0) is 23.6 Å². The van der Waals surface area contributed by atoms with E-state index >= 15 is 0 Å². The molecule has 0 saturated carbocycles. The van der Waals surface area contributed by atoms with Gasteiger partial charge >= 0.3 is 0 Å². The van der Waals surface area contributed by atoms with E-state index in [0.717, 1.165) is 0 Å². The molecule has 0 radical (unpaired) electrons. The molecule has 5 nitrogen and oxygen atoms in total. The second kappa shape index (κ2) is 3.00. The van der Waals surface area contributed by atoms with Crippen LogP contribution in [0.1, 0.15) is 0 Å². The number of hydrogen-bond donors (Lipinski definition) is 5. The molecular weight excluding hydrogens is 204 g/mol. The summed E-state index contributed by atoms with van der Waals surface area (Å²) in [4.78, 5) is 35.0. The molecule has 0 heterocycles. The summed E-state index contributed by atoms with van der Waals surface area (Å²) in [6.07, 6.45) is 0. The van der Waals surface area contributed by atoms with Gasteiger partial charge in [0.1, 0.15) is 0 Å². The minimum Gasteiger partial charge on any atom is -0.334 e. The second-order valence-electron chi connectivity index (χ2n) is 1.19. The lowest BCUT2D eigenvalue weighted by atomic mass is 13.9. The summed E-state index contributed by atoms with van der Waals surface area (Å²) in [5, 5.41) is 0. The van der Waals surface area contributed by atoms with Gasteiger partial charge in [-0.25, -0.2) is 0 Å². The van der Waals surface area contributed by atoms with E-state index in [1.165, 1.54) is 4.86 Å². The monoisotopic (exact) mass is 209 g/mol. The molecule has 0 spiro atoms. The van der Waals surface area contributed by atoms with Gasteiger partial charge < -0.3 is 19.6 Å². The Balaban J connectivity index is 4.07. The van der Waals surface area contributed by atoms with Crippen LogP contribution in [0.25, 0.3) is 0 Å². The van der Waals surface area contributed by atoms with Crippen LogP contribution in [0.3, 0.4) is 0 Å². The molecule has 0 aliphatic rings. The van der Waals surface area contributed by atoms with E-state index in [9.17, 15) is 0 Å². The fourth-order valence-corrected chi connectivity index (χ4v) is 4.04. The summed E-state index contributed by atoms with van der Waals surface area (Å²) < 4.78 is 0. The molecular formula is H5NO4P2S2. The Bertz CT molecular complexity index is 157. The van der Waals surface area contributed by atoms with Crippen LogP contribution in [0.4, 0.5) is 0 Å². The Morgan fingerprint density at radius 2 is 1.11 bits per heavy atom. The van der Waals surface area contributed by atoms with Crippen LogP contribution in [-0.4, -0.2) is 19.6 Å². The number of nitrogens with one attached hydrogen (secondary N) is 1. The molecule has 0 aromatic rings. The molecule has 0 saturated heterocycles. The predicted octanol–water partition coefficient (Wildman–Crippen LogP) is -1.01. The highest BCUT2D eigenvalue weighted by Crippen LogP contribution is 2.44. The molecule has 0 aromatic heterocycles. The van der Waals surface area contributed by atoms with E-state index in [1.807, 2.05) is 0 Å². The van der Waals surface area contributed by atoms with Gasteiger partial charge in [0.05, 0.1) is 0 Å². The quantitative estimate of drug-likeness (QED) is 0.372. The number of hydrogen-bond acceptors (Lipinski definition) is 2. The second-order valence-corrected chi connectivity index (χ2v) is 7.22. The highest BCUT2D eigenvalue weighted by Gasteiger charge is 2.16. The zero-order chi connectivity index (χ0) is 7.71. The third-order valence-electron chi connectivity index (χ3n) is 0.261. The van der Waals surface area contributed by atoms with Gasteiger partial charge in [-0.3, -0.25) is 0 Å². The lowest BCUT2D eigenvalue weighted by molar-refractivity contribution is 0.446. The van der Waals surface area contributed by atoms with Crippen LogP contribution in [0.15, 0.2) is 0 Å². The average Bonchev–Trinajstić information content (AvgIpc) is 1.14. The van der Waals surface area contributed by atoms with Crippen molar-refractivity contribution < 1.29 is 19.6 Å². The van der Waals surface area contributed by atoms with Gasteiger partial charge in [0.15, 0.2) is 0 Å². The summed E-state index contributed by atoms with van der Waals surface area (Å²) in [6.45, 7) is -7.52. The minimum absolute atomic E-state index is 1.53. The first-order chi connectivity index (χ1) is 3.71. The van der Waals surface area contributed by atoms with Crippen molar-refractivity contribution in [3.05, 3.63) is 0 Å². The van der Waals surface area contributed by atoms with Gasteiger partial charge in [0.25, 0.3) is 13.3 Å². The Labute approximate surface area is 61.8 Å². The van der Waals surface area contributed by atoms with Crippen LogP contribution in [0.5, 0.6) is 0 Å². The van der Waals surface area contributed by atoms with Crippen LogP contribution >= 0.6 is 13.3 Å². The molecule has 0 aromatic carbocycles. The van der Waals surface area contributed by atoms with E-state index < -0.39 is 13.3 Å². The maximum absolute atomic E-state index is 8.36. The molecule has 0 rings (SSSR count). The highest BCUT2D eigenvalue weighted by atomic mass is 32.5. The first-order valence-electron chi connectivity index (χ1n) is 1.61. The zero-order valence-corrected chi connectivity index (χ0v) is 7.42. The van der Waals surface area contributed by atoms with Crippen molar-refractivity contribution in [3.63, 3.8) is 0 Å². The van der Waals surface area contributed by atoms with Gasteiger partial charge in [-0.15, -0.1) is 0 Å². The SMILES string of the molecule is OP(O)(=S)NP(O)(O)=S. The van der Waals surface area contributed by atoms with Crippen LogP contribution in [0, 0.1) is 0 Å². The Morgan fingerprint density at radius 3 is 1.11 bits per heavy atom. The van der Waals surface area contributed by atoms with Crippen molar-refractivity contribution in [2.75, 3.05) is 0 Å². The fourth-order valence-electron chi connectivity index (χ4n) is 0.170. The Morgan fingerprint density at radius 1 is 0.889 bits per heavy atom. The molecule has 5 N–H and O–H groups in total. The van der Waals surface area contributed by atoms with E-state index in [4.69, 9.17) is 19.6 Å². The molecule has 9 heavy (non-hydrogen) atoms. The summed E-state index contributed by atoms with van der Waals surface area (Å²) >= 11 is 7.97. The summed E-state index contributed by atoms with van der Waals surface area (Å²) in [5.74, 6) is 0. The van der Waals surface area contributed by atoms with Gasteiger partial charge in [-0.1, -0.05) is 0 Å². The molecule has 0 fully saturated rings. The Kier molecular flexibility index (Phi) is 3.37. The normalized spacial score (nSPS) is 13.8. The van der Waals surface area contributed by atoms with Crippen molar-refractivity contribution >= 4 is 36.9 Å². The fraction of sp³-hybridized carbons (Fsp3) is 0. The van der Waals surface area contributed by atoms with Gasteiger partial charge in [0, 0.05) is 0 Å². The number of rotatable bonds is 2. The Hall–Kier alpha value is 1.10. The molecule has 9 heteroatoms. The molecule has 0 aliphatic carbocycles. The molecule has 0 bridgehead atoms. The topological polar surface area (TPSA) is 93.0 Å². The van der Waals surface area contributed by atoms with Crippen LogP contribution in [0.2, 0.25) is 0 Å². The highest BCUT2D eigenvalue weighted by molar-refractivity contribution is 8.16. The van der Waals surface area contributed by atoms with Crippen LogP contribution < -0.4 is 4.86 Å². The maximum atomic E-state index is 8.36. The van der Waals surface area contributed by atoms with Crippen molar-refractivity contribution in [2.24, 2.45) is 0 Å². The minimum atomic E-state index is -3.76. The first-order valence-corrected chi connectivity index (χ1v) is 7.03. The van der Waals surface area contributed by atoms with E-state index in [0.29, 0.717) is 0 Å². The van der Waals surface area contributed by atoms with Gasteiger partial charge in [-0.2, -0.15) is 4.86 Å². The third-order valence-corrected chi connectivity index (χ3v) is 3.81. The lowest BCUT2D eigenvalue weighted by Gasteiger charge is -2.12. The average molecular weight is 209 g/mol. The lowest BCUT2D eigenvalue weighted by Crippen LogP contribution is -2.03. The molecule has 0 atom stereocenters. The summed E-state index contributed by atoms with van der Waals surface area (Å²) in [6, 6.07) is 0. The van der Waals surface area contributed by atoms with Crippen molar-refractivity contribution in [1.29, 1.82) is 0 Å². The molecule has 0 aliphatic heterocycles. The predicted molar refractivity (Wildman–Crippen MR) is 40.6 cm³/mol. The smallest absolute Gasteiger partial charge is 0.263 e.